The summed E-state index contributed by atoms with van der Waals surface area (Å²) in [6.45, 7) is 5.76. The van der Waals surface area contributed by atoms with E-state index in [2.05, 4.69) is 11.1 Å². The van der Waals surface area contributed by atoms with E-state index in [-0.39, 0.29) is 5.56 Å². The van der Waals surface area contributed by atoms with Crippen LogP contribution in [0.15, 0.2) is 29.1 Å². The number of nitrogens with zero attached hydrogens (tertiary/aromatic N) is 1. The van der Waals surface area contributed by atoms with Crippen LogP contribution in [0, 0.1) is 35.7 Å². The van der Waals surface area contributed by atoms with Crippen LogP contribution >= 0.6 is 22.6 Å². The van der Waals surface area contributed by atoms with Gasteiger partial charge in [-0.05, 0) is 72.7 Å². The summed E-state index contributed by atoms with van der Waals surface area (Å²) in [7, 11) is 0. The average molecular weight is 406 g/mol. The number of allylic oxidation sites excluding steroid dienone is 1. The van der Waals surface area contributed by atoms with Gasteiger partial charge < -0.3 is 9.72 Å². The lowest BCUT2D eigenvalue weighted by Crippen LogP contribution is -2.14. The molecule has 0 aliphatic heterocycles. The van der Waals surface area contributed by atoms with Gasteiger partial charge in [-0.15, -0.1) is 0 Å². The summed E-state index contributed by atoms with van der Waals surface area (Å²) in [4.78, 5) is 14.7. The van der Waals surface area contributed by atoms with Crippen LogP contribution in [-0.4, -0.2) is 4.98 Å². The van der Waals surface area contributed by atoms with Gasteiger partial charge >= 0.3 is 0 Å². The van der Waals surface area contributed by atoms with Gasteiger partial charge in [0.15, 0.2) is 5.75 Å². The highest BCUT2D eigenvalue weighted by molar-refractivity contribution is 14.1. The minimum atomic E-state index is -0.202. The molecule has 0 radical (unpaired) electrons. The second kappa shape index (κ2) is 6.79. The van der Waals surface area contributed by atoms with Crippen molar-refractivity contribution in [1.82, 2.24) is 4.98 Å². The van der Waals surface area contributed by atoms with E-state index in [4.69, 9.17) is 10.00 Å². The van der Waals surface area contributed by atoms with Crippen molar-refractivity contribution in [3.8, 4) is 17.6 Å². The third kappa shape index (κ3) is 3.57. The number of aromatic amines is 1. The summed E-state index contributed by atoms with van der Waals surface area (Å²) in [5, 5.41) is 8.74. The summed E-state index contributed by atoms with van der Waals surface area (Å²) in [6, 6.07) is 7.84. The van der Waals surface area contributed by atoms with Crippen molar-refractivity contribution in [2.24, 2.45) is 0 Å². The molecule has 2 aromatic rings. The molecule has 0 aliphatic carbocycles. The third-order valence-electron chi connectivity index (χ3n) is 3.09. The molecule has 0 spiro atoms. The van der Waals surface area contributed by atoms with Gasteiger partial charge in [0.2, 0.25) is 0 Å². The first-order valence-corrected chi connectivity index (χ1v) is 7.75. The first-order valence-electron chi connectivity index (χ1n) is 6.67. The van der Waals surface area contributed by atoms with Crippen molar-refractivity contribution in [1.29, 1.82) is 5.26 Å². The van der Waals surface area contributed by atoms with E-state index >= 15 is 0 Å². The van der Waals surface area contributed by atoms with Gasteiger partial charge in [-0.25, -0.2) is 0 Å². The Morgan fingerprint density at radius 2 is 1.86 bits per heavy atom. The van der Waals surface area contributed by atoms with Gasteiger partial charge in [0.25, 0.3) is 5.56 Å². The predicted octanol–water partition coefficient (Wildman–Crippen LogP) is 4.23. The largest absolute Gasteiger partial charge is 0.455 e. The van der Waals surface area contributed by atoms with Crippen molar-refractivity contribution in [2.45, 2.75) is 20.8 Å². The zero-order chi connectivity index (χ0) is 16.3. The molecule has 0 atom stereocenters. The summed E-state index contributed by atoms with van der Waals surface area (Å²) in [5.41, 5.74) is 3.33. The van der Waals surface area contributed by atoms with Gasteiger partial charge in [-0.2, -0.15) is 5.26 Å². The highest BCUT2D eigenvalue weighted by Crippen LogP contribution is 2.31. The van der Waals surface area contributed by atoms with Crippen molar-refractivity contribution >= 4 is 28.7 Å². The number of halogens is 1. The van der Waals surface area contributed by atoms with E-state index in [1.165, 1.54) is 6.08 Å². The summed E-state index contributed by atoms with van der Waals surface area (Å²) in [5.74, 6) is 1.14. The normalized spacial score (nSPS) is 10.7. The molecule has 1 aromatic carbocycles. The van der Waals surface area contributed by atoms with Crippen LogP contribution in [0.25, 0.3) is 6.08 Å². The molecule has 0 unspecified atom stereocenters. The average Bonchev–Trinajstić information content (AvgIpc) is 2.43. The Balaban J connectivity index is 2.60. The quantitative estimate of drug-likeness (QED) is 0.613. The van der Waals surface area contributed by atoms with E-state index in [1.807, 2.05) is 54.6 Å². The standard InChI is InChI=1S/C17H15IN2O2/c1-10-7-11(2)9-13(8-10)22-16-14(5-4-6-19)12(3)20-17(21)15(16)18/h4-5,7-9H,1-3H3,(H,20,21)/b5-4+. The SMILES string of the molecule is Cc1cc(C)cc(Oc2c(/C=C/C#N)c(C)[nH]c(=O)c2I)c1. The molecule has 1 N–H and O–H groups in total. The van der Waals surface area contributed by atoms with Crippen molar-refractivity contribution in [3.05, 3.63) is 60.6 Å². The number of aryl methyl sites for hydroxylation is 3. The number of hydrogen-bond acceptors (Lipinski definition) is 3. The zero-order valence-electron chi connectivity index (χ0n) is 12.5. The topological polar surface area (TPSA) is 65.9 Å². The van der Waals surface area contributed by atoms with E-state index in [0.717, 1.165) is 11.1 Å². The fourth-order valence-corrected chi connectivity index (χ4v) is 2.75. The highest BCUT2D eigenvalue weighted by atomic mass is 127. The minimum absolute atomic E-state index is 0.202. The summed E-state index contributed by atoms with van der Waals surface area (Å²) in [6.07, 6.45) is 3.01. The number of aromatic nitrogens is 1. The number of nitriles is 1. The summed E-state index contributed by atoms with van der Waals surface area (Å²) >= 11 is 1.96. The first-order chi connectivity index (χ1) is 10.4. The molecule has 0 bridgehead atoms. The highest BCUT2D eigenvalue weighted by Gasteiger charge is 2.15. The summed E-state index contributed by atoms with van der Waals surface area (Å²) < 4.78 is 6.43. The van der Waals surface area contributed by atoms with Gasteiger partial charge in [0, 0.05) is 17.3 Å². The Morgan fingerprint density at radius 1 is 1.23 bits per heavy atom. The van der Waals surface area contributed by atoms with Crippen LogP contribution in [0.5, 0.6) is 11.5 Å². The molecule has 5 heteroatoms. The van der Waals surface area contributed by atoms with Crippen molar-refractivity contribution in [2.75, 3.05) is 0 Å². The number of H-pyrrole nitrogens is 1. The Kier molecular flexibility index (Phi) is 5.03. The lowest BCUT2D eigenvalue weighted by atomic mass is 10.1. The smallest absolute Gasteiger partial charge is 0.265 e. The van der Waals surface area contributed by atoms with E-state index in [9.17, 15) is 4.79 Å². The van der Waals surface area contributed by atoms with Crippen LogP contribution in [-0.2, 0) is 0 Å². The zero-order valence-corrected chi connectivity index (χ0v) is 14.7. The monoisotopic (exact) mass is 406 g/mol. The van der Waals surface area contributed by atoms with Crippen molar-refractivity contribution in [3.63, 3.8) is 0 Å². The number of nitrogens with one attached hydrogen (secondary N) is 1. The third-order valence-corrected chi connectivity index (χ3v) is 4.07. The molecule has 1 heterocycles. The number of pyridine rings is 1. The van der Waals surface area contributed by atoms with Gasteiger partial charge in [0.05, 0.1) is 6.07 Å². The second-order valence-electron chi connectivity index (χ2n) is 5.02. The van der Waals surface area contributed by atoms with E-state index in [0.29, 0.717) is 26.3 Å². The Labute approximate surface area is 142 Å². The number of benzene rings is 1. The molecule has 2 rings (SSSR count). The van der Waals surface area contributed by atoms with E-state index < -0.39 is 0 Å². The van der Waals surface area contributed by atoms with Crippen molar-refractivity contribution < 1.29 is 4.74 Å². The molecule has 0 aliphatic rings. The van der Waals surface area contributed by atoms with Crippen LogP contribution in [0.1, 0.15) is 22.4 Å². The maximum atomic E-state index is 12.0. The molecular weight excluding hydrogens is 391 g/mol. The number of rotatable bonds is 3. The fraction of sp³-hybridized carbons (Fsp3) is 0.176. The maximum Gasteiger partial charge on any atom is 0.265 e. The van der Waals surface area contributed by atoms with Crippen LogP contribution in [0.3, 0.4) is 0 Å². The molecular formula is C17H15IN2O2. The first kappa shape index (κ1) is 16.3. The molecule has 4 nitrogen and oxygen atoms in total. The predicted molar refractivity (Wildman–Crippen MR) is 95.2 cm³/mol. The number of hydrogen-bond donors (Lipinski definition) is 1. The molecule has 0 fully saturated rings. The molecule has 0 saturated heterocycles. The number of ether oxygens (including phenoxy) is 1. The fourth-order valence-electron chi connectivity index (χ4n) is 2.21. The lowest BCUT2D eigenvalue weighted by molar-refractivity contribution is 0.475. The van der Waals surface area contributed by atoms with Gasteiger partial charge in [0.1, 0.15) is 9.32 Å². The van der Waals surface area contributed by atoms with Crippen LogP contribution < -0.4 is 10.3 Å². The van der Waals surface area contributed by atoms with Gasteiger partial charge in [-0.1, -0.05) is 6.07 Å². The van der Waals surface area contributed by atoms with Crippen LogP contribution in [0.4, 0.5) is 0 Å². The second-order valence-corrected chi connectivity index (χ2v) is 6.10. The lowest BCUT2D eigenvalue weighted by Gasteiger charge is -2.13. The van der Waals surface area contributed by atoms with E-state index in [1.54, 1.807) is 13.0 Å². The minimum Gasteiger partial charge on any atom is -0.455 e. The van der Waals surface area contributed by atoms with Crippen LogP contribution in [0.2, 0.25) is 0 Å². The molecule has 0 amide bonds. The Hall–Kier alpha value is -2.07. The molecule has 1 aromatic heterocycles. The Bertz CT molecular complexity index is 825. The molecule has 112 valence electrons. The maximum absolute atomic E-state index is 12.0. The molecule has 22 heavy (non-hydrogen) atoms. The molecule has 0 saturated carbocycles. The van der Waals surface area contributed by atoms with Gasteiger partial charge in [-0.3, -0.25) is 4.79 Å². The Morgan fingerprint density at radius 3 is 2.45 bits per heavy atom.